The normalized spacial score (nSPS) is 0. The first-order chi connectivity index (χ1) is 0. The van der Waals surface area contributed by atoms with E-state index in [1.807, 2.05) is 0 Å². The maximum absolute atomic E-state index is 0. The predicted molar refractivity (Wildman–Crippen MR) is 5.75 cm³/mol. The standard InChI is InChI=1S/Co.Na.Ni.Zr. The zero-order chi connectivity index (χ0) is 0. The molecule has 0 N–H and O–H groups in total. The third kappa shape index (κ3) is 8.86. The molecular formula is CoNaNiZr. The summed E-state index contributed by atoms with van der Waals surface area (Å²) in [5, 5.41) is 0. The van der Waals surface area contributed by atoms with E-state index in [0.717, 1.165) is 0 Å². The van der Waals surface area contributed by atoms with Gasteiger partial charge in [-0.25, -0.2) is 0 Å². The second-order valence-electron chi connectivity index (χ2n) is 0. The molecule has 0 aromatic heterocycles. The van der Waals surface area contributed by atoms with E-state index in [-0.39, 0.29) is 89.0 Å². The van der Waals surface area contributed by atoms with Crippen molar-refractivity contribution < 1.29 is 59.5 Å². The topological polar surface area (TPSA) is 0 Å². The minimum atomic E-state index is 0. The Morgan fingerprint density at radius 2 is 1.00 bits per heavy atom. The Labute approximate surface area is 87.4 Å². The van der Waals surface area contributed by atoms with Crippen LogP contribution in [0.1, 0.15) is 0 Å². The molecule has 24 valence electrons. The minimum absolute atomic E-state index is 0. The third-order valence-corrected chi connectivity index (χ3v) is 0. The summed E-state index contributed by atoms with van der Waals surface area (Å²) in [6.07, 6.45) is 0. The third-order valence-electron chi connectivity index (χ3n) is 0. The van der Waals surface area contributed by atoms with E-state index in [0.29, 0.717) is 0 Å². The van der Waals surface area contributed by atoms with Gasteiger partial charge in [0, 0.05) is 89.0 Å². The Hall–Kier alpha value is 2.88. The first kappa shape index (κ1) is 28.7. The van der Waals surface area contributed by atoms with Gasteiger partial charge in [-0.2, -0.15) is 0 Å². The quantitative estimate of drug-likeness (QED) is 0.499. The van der Waals surface area contributed by atoms with Crippen molar-refractivity contribution >= 4 is 29.6 Å². The van der Waals surface area contributed by atoms with Crippen LogP contribution in [0.5, 0.6) is 0 Å². The smallest absolute Gasteiger partial charge is 0 e. The van der Waals surface area contributed by atoms with Crippen LogP contribution in [0.25, 0.3) is 0 Å². The molecule has 0 aromatic rings. The van der Waals surface area contributed by atoms with Crippen molar-refractivity contribution in [2.24, 2.45) is 0 Å². The summed E-state index contributed by atoms with van der Waals surface area (Å²) in [6.45, 7) is 0. The largest absolute Gasteiger partial charge is 0 e. The first-order valence-corrected chi connectivity index (χ1v) is 0. The average molecular weight is 232 g/mol. The van der Waals surface area contributed by atoms with Crippen molar-refractivity contribution in [2.75, 3.05) is 0 Å². The van der Waals surface area contributed by atoms with Crippen molar-refractivity contribution in [1.82, 2.24) is 0 Å². The molecule has 0 atom stereocenters. The molecule has 0 unspecified atom stereocenters. The molecule has 0 aromatic carbocycles. The van der Waals surface area contributed by atoms with E-state index in [1.165, 1.54) is 0 Å². The fourth-order valence-electron chi connectivity index (χ4n) is 0. The summed E-state index contributed by atoms with van der Waals surface area (Å²) >= 11 is 0. The van der Waals surface area contributed by atoms with E-state index < -0.39 is 0 Å². The van der Waals surface area contributed by atoms with Crippen molar-refractivity contribution in [3.05, 3.63) is 0 Å². The molecular weight excluding hydrogens is 232 g/mol. The molecule has 0 amide bonds. The fourth-order valence-corrected chi connectivity index (χ4v) is 0. The van der Waals surface area contributed by atoms with Crippen LogP contribution in [0.15, 0.2) is 0 Å². The summed E-state index contributed by atoms with van der Waals surface area (Å²) in [4.78, 5) is 0. The first-order valence-electron chi connectivity index (χ1n) is 0. The van der Waals surface area contributed by atoms with Crippen LogP contribution in [-0.2, 0) is 59.5 Å². The van der Waals surface area contributed by atoms with Crippen molar-refractivity contribution in [3.63, 3.8) is 0 Å². The minimum Gasteiger partial charge on any atom is 0 e. The summed E-state index contributed by atoms with van der Waals surface area (Å²) in [5.74, 6) is 0. The van der Waals surface area contributed by atoms with Crippen LogP contribution in [0, 0.1) is 0 Å². The van der Waals surface area contributed by atoms with Crippen molar-refractivity contribution in [1.29, 1.82) is 0 Å². The predicted octanol–water partition coefficient (Wildman–Crippen LogP) is -0.388. The van der Waals surface area contributed by atoms with Crippen LogP contribution < -0.4 is 0 Å². The molecule has 4 heteroatoms. The molecule has 0 saturated carbocycles. The molecule has 0 spiro atoms. The Morgan fingerprint density at radius 3 is 1.00 bits per heavy atom. The Bertz CT molecular complexity index is 8.00. The maximum atomic E-state index is 0. The Kier molecular flexibility index (Phi) is 121. The van der Waals surface area contributed by atoms with Crippen molar-refractivity contribution in [3.8, 4) is 0 Å². The molecule has 0 aliphatic heterocycles. The van der Waals surface area contributed by atoms with E-state index in [2.05, 4.69) is 0 Å². The summed E-state index contributed by atoms with van der Waals surface area (Å²) in [6, 6.07) is 0. The molecule has 0 saturated heterocycles. The zero-order valence-electron chi connectivity index (χ0n) is 2.15. The van der Waals surface area contributed by atoms with Gasteiger partial charge in [0.25, 0.3) is 0 Å². The molecule has 0 aliphatic rings. The zero-order valence-corrected chi connectivity index (χ0v) is 8.64. The van der Waals surface area contributed by atoms with Crippen molar-refractivity contribution in [2.45, 2.75) is 0 Å². The Morgan fingerprint density at radius 1 is 1.00 bits per heavy atom. The molecule has 0 heterocycles. The van der Waals surface area contributed by atoms with E-state index in [1.54, 1.807) is 0 Å². The van der Waals surface area contributed by atoms with Gasteiger partial charge in [0.1, 0.15) is 0 Å². The van der Waals surface area contributed by atoms with Gasteiger partial charge in [-0.1, -0.05) is 0 Å². The van der Waals surface area contributed by atoms with E-state index in [4.69, 9.17) is 0 Å². The molecule has 0 fully saturated rings. The number of rotatable bonds is 0. The van der Waals surface area contributed by atoms with Gasteiger partial charge in [0.2, 0.25) is 0 Å². The van der Waals surface area contributed by atoms with Crippen LogP contribution in [0.4, 0.5) is 0 Å². The Balaban J connectivity index is 0. The van der Waals surface area contributed by atoms with Gasteiger partial charge < -0.3 is 0 Å². The van der Waals surface area contributed by atoms with Crippen LogP contribution in [-0.4, -0.2) is 29.6 Å². The number of hydrogen-bond donors (Lipinski definition) is 0. The van der Waals surface area contributed by atoms with Gasteiger partial charge >= 0.3 is 0 Å². The SMILES string of the molecule is [Co].[Na].[Ni].[Zr]. The van der Waals surface area contributed by atoms with Crippen LogP contribution in [0.3, 0.4) is 0 Å². The van der Waals surface area contributed by atoms with Crippen LogP contribution >= 0.6 is 0 Å². The summed E-state index contributed by atoms with van der Waals surface area (Å²) < 4.78 is 0. The second kappa shape index (κ2) is 16.9. The fraction of sp³-hybridized carbons (Fsp3) is 0. The monoisotopic (exact) mass is 230 g/mol. The van der Waals surface area contributed by atoms with E-state index >= 15 is 0 Å². The molecule has 4 heavy (non-hydrogen) atoms. The second-order valence-corrected chi connectivity index (χ2v) is 0. The van der Waals surface area contributed by atoms with Gasteiger partial charge in [-0.3, -0.25) is 0 Å². The molecule has 2 radical (unpaired) electrons. The molecule has 0 rings (SSSR count). The molecule has 0 nitrogen and oxygen atoms in total. The van der Waals surface area contributed by atoms with Gasteiger partial charge in [-0.15, -0.1) is 0 Å². The van der Waals surface area contributed by atoms with Gasteiger partial charge in [0.05, 0.1) is 0 Å². The summed E-state index contributed by atoms with van der Waals surface area (Å²) in [7, 11) is 0. The molecule has 0 bridgehead atoms. The van der Waals surface area contributed by atoms with Gasteiger partial charge in [0.15, 0.2) is 0 Å². The van der Waals surface area contributed by atoms with E-state index in [9.17, 15) is 0 Å². The van der Waals surface area contributed by atoms with Gasteiger partial charge in [-0.05, 0) is 0 Å². The maximum Gasteiger partial charge on any atom is 0 e. The van der Waals surface area contributed by atoms with Crippen LogP contribution in [0.2, 0.25) is 0 Å². The summed E-state index contributed by atoms with van der Waals surface area (Å²) in [5.41, 5.74) is 0. The number of hydrogen-bond acceptors (Lipinski definition) is 0. The molecule has 0 aliphatic carbocycles. The average Bonchev–Trinajstić information content (AvgIpc) is 0.